The molecule has 7 nitrogen and oxygen atoms in total. The van der Waals surface area contributed by atoms with E-state index in [0.29, 0.717) is 37.7 Å². The van der Waals surface area contributed by atoms with Crippen LogP contribution in [-0.4, -0.2) is 65.6 Å². The molecule has 1 aliphatic carbocycles. The minimum Gasteiger partial charge on any atom is -0.447 e. The Morgan fingerprint density at radius 3 is 2.44 bits per heavy atom. The summed E-state index contributed by atoms with van der Waals surface area (Å²) >= 11 is 0. The molecule has 5 rings (SSSR count). The van der Waals surface area contributed by atoms with Gasteiger partial charge in [0.05, 0.1) is 6.04 Å². The number of carbonyl (C=O) groups excluding carboxylic acids is 2. The monoisotopic (exact) mass is 434 g/mol. The van der Waals surface area contributed by atoms with E-state index < -0.39 is 0 Å². The Bertz CT molecular complexity index is 1010. The smallest absolute Gasteiger partial charge is 0.410 e. The Morgan fingerprint density at radius 2 is 1.84 bits per heavy atom. The van der Waals surface area contributed by atoms with Crippen molar-refractivity contribution < 1.29 is 14.3 Å². The second-order valence-corrected chi connectivity index (χ2v) is 9.21. The summed E-state index contributed by atoms with van der Waals surface area (Å²) in [6.45, 7) is 7.98. The number of amides is 2. The van der Waals surface area contributed by atoms with E-state index in [-0.39, 0.29) is 18.0 Å². The summed E-state index contributed by atoms with van der Waals surface area (Å²) < 4.78 is 5.08. The second kappa shape index (κ2) is 8.45. The van der Waals surface area contributed by atoms with E-state index in [0.717, 1.165) is 24.5 Å². The third-order valence-corrected chi connectivity index (χ3v) is 6.76. The molecule has 7 heteroatoms. The van der Waals surface area contributed by atoms with Crippen LogP contribution < -0.4 is 4.90 Å². The summed E-state index contributed by atoms with van der Waals surface area (Å²) in [6.07, 6.45) is 4.32. The van der Waals surface area contributed by atoms with Crippen molar-refractivity contribution in [2.45, 2.75) is 45.2 Å². The summed E-state index contributed by atoms with van der Waals surface area (Å²) in [7, 11) is 0. The molecule has 1 atom stereocenters. The molecule has 1 aromatic heterocycles. The number of pyridine rings is 1. The molecule has 0 bridgehead atoms. The van der Waals surface area contributed by atoms with E-state index in [1.54, 1.807) is 4.90 Å². The molecule has 32 heavy (non-hydrogen) atoms. The van der Waals surface area contributed by atoms with Crippen molar-refractivity contribution in [3.05, 3.63) is 58.8 Å². The van der Waals surface area contributed by atoms with Gasteiger partial charge in [-0.3, -0.25) is 9.69 Å². The minimum atomic E-state index is -0.276. The Hall–Kier alpha value is -3.09. The summed E-state index contributed by atoms with van der Waals surface area (Å²) in [4.78, 5) is 35.5. The molecule has 3 aliphatic rings. The maximum atomic E-state index is 13.0. The standard InChI is InChI=1S/C25H30N4O3/c1-17-13-22(20-7-8-20)14-26-23(17)27-9-11-28(12-10-27)24(30)21-5-3-19(4-6-21)15-29-18(2)16-32-25(29)31/h3-6,13-14,18,20H,7-12,15-16H2,1-2H3/t18-/m1/s1. The summed E-state index contributed by atoms with van der Waals surface area (Å²) in [5.74, 6) is 1.81. The number of rotatable bonds is 5. The molecule has 0 N–H and O–H groups in total. The van der Waals surface area contributed by atoms with Crippen LogP contribution in [-0.2, 0) is 11.3 Å². The number of carbonyl (C=O) groups is 2. The van der Waals surface area contributed by atoms with Gasteiger partial charge in [-0.15, -0.1) is 0 Å². The maximum absolute atomic E-state index is 13.0. The molecular formula is C25H30N4O3. The molecule has 2 saturated heterocycles. The van der Waals surface area contributed by atoms with Crippen molar-refractivity contribution in [3.63, 3.8) is 0 Å². The fourth-order valence-electron chi connectivity index (χ4n) is 4.58. The highest BCUT2D eigenvalue weighted by Crippen LogP contribution is 2.40. The van der Waals surface area contributed by atoms with Gasteiger partial charge >= 0.3 is 6.09 Å². The predicted molar refractivity (Wildman–Crippen MR) is 122 cm³/mol. The number of aromatic nitrogens is 1. The van der Waals surface area contributed by atoms with Gasteiger partial charge in [0.15, 0.2) is 0 Å². The van der Waals surface area contributed by atoms with Gasteiger partial charge in [-0.1, -0.05) is 18.2 Å². The zero-order chi connectivity index (χ0) is 22.2. The first-order chi connectivity index (χ1) is 15.5. The highest BCUT2D eigenvalue weighted by molar-refractivity contribution is 5.94. The number of piperazine rings is 1. The topological polar surface area (TPSA) is 66.0 Å². The quantitative estimate of drug-likeness (QED) is 0.720. The van der Waals surface area contributed by atoms with Crippen LogP contribution in [0.3, 0.4) is 0 Å². The largest absolute Gasteiger partial charge is 0.447 e. The van der Waals surface area contributed by atoms with Crippen molar-refractivity contribution in [1.82, 2.24) is 14.8 Å². The number of hydrogen-bond donors (Lipinski definition) is 0. The van der Waals surface area contributed by atoms with E-state index in [9.17, 15) is 9.59 Å². The average molecular weight is 435 g/mol. The molecule has 3 fully saturated rings. The van der Waals surface area contributed by atoms with Gasteiger partial charge in [0.25, 0.3) is 5.91 Å². The second-order valence-electron chi connectivity index (χ2n) is 9.21. The molecule has 3 heterocycles. The van der Waals surface area contributed by atoms with Crippen LogP contribution in [0.1, 0.15) is 52.7 Å². The van der Waals surface area contributed by atoms with E-state index in [2.05, 4.69) is 17.9 Å². The third-order valence-electron chi connectivity index (χ3n) is 6.76. The van der Waals surface area contributed by atoms with Crippen LogP contribution in [0.2, 0.25) is 0 Å². The molecule has 0 radical (unpaired) electrons. The first-order valence-corrected chi connectivity index (χ1v) is 11.5. The highest BCUT2D eigenvalue weighted by atomic mass is 16.6. The predicted octanol–water partition coefficient (Wildman–Crippen LogP) is 3.57. The van der Waals surface area contributed by atoms with Crippen LogP contribution in [0, 0.1) is 6.92 Å². The molecule has 1 aromatic carbocycles. The third kappa shape index (κ3) is 4.16. The van der Waals surface area contributed by atoms with Crippen molar-refractivity contribution >= 4 is 17.8 Å². The fourth-order valence-corrected chi connectivity index (χ4v) is 4.58. The number of nitrogens with zero attached hydrogens (tertiary/aromatic N) is 4. The van der Waals surface area contributed by atoms with Gasteiger partial charge in [0.1, 0.15) is 12.4 Å². The van der Waals surface area contributed by atoms with Crippen molar-refractivity contribution in [1.29, 1.82) is 0 Å². The molecule has 1 saturated carbocycles. The summed E-state index contributed by atoms with van der Waals surface area (Å²) in [5, 5.41) is 0. The van der Waals surface area contributed by atoms with Crippen molar-refractivity contribution in [3.8, 4) is 0 Å². The zero-order valence-corrected chi connectivity index (χ0v) is 18.8. The molecule has 2 aliphatic heterocycles. The van der Waals surface area contributed by atoms with Gasteiger partial charge in [-0.05, 0) is 61.4 Å². The maximum Gasteiger partial charge on any atom is 0.410 e. The van der Waals surface area contributed by atoms with Gasteiger partial charge in [-0.2, -0.15) is 0 Å². The number of anilines is 1. The number of cyclic esters (lactones) is 1. The molecule has 0 unspecified atom stereocenters. The van der Waals surface area contributed by atoms with Crippen LogP contribution in [0.4, 0.5) is 10.6 Å². The highest BCUT2D eigenvalue weighted by Gasteiger charge is 2.30. The Labute approximate surface area is 189 Å². The van der Waals surface area contributed by atoms with Gasteiger partial charge in [0.2, 0.25) is 0 Å². The average Bonchev–Trinajstić information content (AvgIpc) is 3.62. The van der Waals surface area contributed by atoms with E-state index in [1.165, 1.54) is 24.0 Å². The van der Waals surface area contributed by atoms with Crippen LogP contribution in [0.5, 0.6) is 0 Å². The Kier molecular flexibility index (Phi) is 5.49. The van der Waals surface area contributed by atoms with Gasteiger partial charge in [-0.25, -0.2) is 9.78 Å². The molecule has 2 aromatic rings. The van der Waals surface area contributed by atoms with Crippen molar-refractivity contribution in [2.75, 3.05) is 37.7 Å². The molecule has 168 valence electrons. The number of aryl methyl sites for hydroxylation is 1. The first-order valence-electron chi connectivity index (χ1n) is 11.5. The number of ether oxygens (including phenoxy) is 1. The van der Waals surface area contributed by atoms with E-state index in [1.807, 2.05) is 42.3 Å². The summed E-state index contributed by atoms with van der Waals surface area (Å²) in [5.41, 5.74) is 4.26. The lowest BCUT2D eigenvalue weighted by Gasteiger charge is -2.36. The molecule has 2 amide bonds. The lowest BCUT2D eigenvalue weighted by atomic mass is 10.1. The first kappa shape index (κ1) is 20.8. The minimum absolute atomic E-state index is 0.0545. The number of hydrogen-bond acceptors (Lipinski definition) is 5. The van der Waals surface area contributed by atoms with Crippen LogP contribution in [0.25, 0.3) is 0 Å². The van der Waals surface area contributed by atoms with Crippen LogP contribution >= 0.6 is 0 Å². The molecular weight excluding hydrogens is 404 g/mol. The fraction of sp³-hybridized carbons (Fsp3) is 0.480. The normalized spacial score (nSPS) is 21.1. The SMILES string of the molecule is Cc1cc(C2CC2)cnc1N1CCN(C(=O)c2ccc(CN3C(=O)OC[C@H]3C)cc2)CC1. The van der Waals surface area contributed by atoms with E-state index >= 15 is 0 Å². The van der Waals surface area contributed by atoms with Gasteiger partial charge in [0, 0.05) is 44.5 Å². The van der Waals surface area contributed by atoms with Gasteiger partial charge < -0.3 is 14.5 Å². The lowest BCUT2D eigenvalue weighted by molar-refractivity contribution is 0.0746. The summed E-state index contributed by atoms with van der Waals surface area (Å²) in [6, 6.07) is 9.93. The lowest BCUT2D eigenvalue weighted by Crippen LogP contribution is -2.49. The number of benzene rings is 1. The van der Waals surface area contributed by atoms with E-state index in [4.69, 9.17) is 9.72 Å². The van der Waals surface area contributed by atoms with Crippen LogP contribution in [0.15, 0.2) is 36.5 Å². The Balaban J connectivity index is 1.18. The molecule has 0 spiro atoms. The van der Waals surface area contributed by atoms with Crippen molar-refractivity contribution in [2.24, 2.45) is 0 Å². The Morgan fingerprint density at radius 1 is 1.12 bits per heavy atom. The zero-order valence-electron chi connectivity index (χ0n) is 18.8.